The van der Waals surface area contributed by atoms with Crippen molar-refractivity contribution in [2.24, 2.45) is 0 Å². The maximum absolute atomic E-state index is 4.89. The molecule has 0 amide bonds. The third kappa shape index (κ3) is 5.66. The van der Waals surface area contributed by atoms with Crippen molar-refractivity contribution in [1.29, 1.82) is 0 Å². The average molecular weight is 291 g/mol. The van der Waals surface area contributed by atoms with Gasteiger partial charge in [-0.15, -0.1) is 0 Å². The molecule has 0 unspecified atom stereocenters. The van der Waals surface area contributed by atoms with Gasteiger partial charge in [0, 0.05) is 36.3 Å². The van der Waals surface area contributed by atoms with Crippen molar-refractivity contribution in [3.63, 3.8) is 0 Å². The van der Waals surface area contributed by atoms with Gasteiger partial charge in [-0.05, 0) is 52.3 Å². The van der Waals surface area contributed by atoms with Crippen LogP contribution >= 0.6 is 0 Å². The Hall–Kier alpha value is -1.09. The third-order valence-electron chi connectivity index (χ3n) is 3.55. The highest BCUT2D eigenvalue weighted by Gasteiger charge is 2.19. The van der Waals surface area contributed by atoms with Crippen LogP contribution in [0.2, 0.25) is 0 Å². The first kappa shape index (κ1) is 18.0. The molecule has 1 aromatic rings. The van der Waals surface area contributed by atoms with Gasteiger partial charge in [0.05, 0.1) is 0 Å². The Morgan fingerprint density at radius 2 is 1.57 bits per heavy atom. The second-order valence-corrected chi connectivity index (χ2v) is 7.74. The molecular weight excluding hydrogens is 258 g/mol. The third-order valence-corrected chi connectivity index (χ3v) is 3.55. The molecule has 21 heavy (non-hydrogen) atoms. The monoisotopic (exact) mass is 291 g/mol. The lowest BCUT2D eigenvalue weighted by Gasteiger charge is -2.26. The molecule has 1 rings (SSSR count). The Bertz CT molecular complexity index is 449. The molecule has 0 atom stereocenters. The summed E-state index contributed by atoms with van der Waals surface area (Å²) in [6.45, 7) is 20.5. The van der Waals surface area contributed by atoms with E-state index in [-0.39, 0.29) is 11.0 Å². The maximum Gasteiger partial charge on any atom is 0.129 e. The predicted molar refractivity (Wildman–Crippen MR) is 93.1 cm³/mol. The quantitative estimate of drug-likeness (QED) is 0.884. The molecule has 0 aliphatic carbocycles. The van der Waals surface area contributed by atoms with E-state index in [2.05, 4.69) is 77.7 Å². The molecule has 0 saturated carbocycles. The lowest BCUT2D eigenvalue weighted by Crippen LogP contribution is -2.35. The van der Waals surface area contributed by atoms with E-state index in [0.717, 1.165) is 31.1 Å². The number of pyridine rings is 1. The number of nitrogens with zero attached hydrogens (tertiary/aromatic N) is 2. The van der Waals surface area contributed by atoms with Crippen LogP contribution in [-0.2, 0) is 12.0 Å². The smallest absolute Gasteiger partial charge is 0.129 e. The van der Waals surface area contributed by atoms with E-state index < -0.39 is 0 Å². The van der Waals surface area contributed by atoms with Gasteiger partial charge in [-0.3, -0.25) is 0 Å². The van der Waals surface area contributed by atoms with Crippen LogP contribution in [0.5, 0.6) is 0 Å². The standard InChI is InChI=1S/C18H33N3/c1-9-21(10-2)16-12-14(13-19-18(6,7)8)11-15(20-16)17(3,4)5/h11-12,19H,9-10,13H2,1-8H3. The Labute approximate surface area is 131 Å². The Morgan fingerprint density at radius 3 is 2.00 bits per heavy atom. The molecule has 1 N–H and O–H groups in total. The SMILES string of the molecule is CCN(CC)c1cc(CNC(C)(C)C)cc(C(C)(C)C)n1. The van der Waals surface area contributed by atoms with Crippen LogP contribution in [0.4, 0.5) is 5.82 Å². The van der Waals surface area contributed by atoms with Gasteiger partial charge in [0.1, 0.15) is 5.82 Å². The van der Waals surface area contributed by atoms with Gasteiger partial charge < -0.3 is 10.2 Å². The second-order valence-electron chi connectivity index (χ2n) is 7.74. The second kappa shape index (κ2) is 6.78. The molecule has 0 spiro atoms. The number of rotatable bonds is 5. The van der Waals surface area contributed by atoms with E-state index in [1.807, 2.05) is 0 Å². The van der Waals surface area contributed by atoms with Crippen LogP contribution in [0.3, 0.4) is 0 Å². The molecule has 0 aliphatic rings. The minimum Gasteiger partial charge on any atom is -0.357 e. The number of anilines is 1. The summed E-state index contributed by atoms with van der Waals surface area (Å²) < 4.78 is 0. The van der Waals surface area contributed by atoms with Gasteiger partial charge in [-0.2, -0.15) is 0 Å². The Balaban J connectivity index is 3.15. The summed E-state index contributed by atoms with van der Waals surface area (Å²) in [6, 6.07) is 4.46. The average Bonchev–Trinajstić information content (AvgIpc) is 2.36. The lowest BCUT2D eigenvalue weighted by atomic mass is 9.90. The molecule has 0 fully saturated rings. The molecule has 120 valence electrons. The largest absolute Gasteiger partial charge is 0.357 e. The first-order valence-corrected chi connectivity index (χ1v) is 8.08. The highest BCUT2D eigenvalue weighted by molar-refractivity contribution is 5.43. The minimum absolute atomic E-state index is 0.0691. The highest BCUT2D eigenvalue weighted by Crippen LogP contribution is 2.25. The zero-order valence-corrected chi connectivity index (χ0v) is 15.2. The van der Waals surface area contributed by atoms with Crippen LogP contribution in [0.15, 0.2) is 12.1 Å². The van der Waals surface area contributed by atoms with Gasteiger partial charge in [0.15, 0.2) is 0 Å². The summed E-state index contributed by atoms with van der Waals surface area (Å²) in [4.78, 5) is 7.20. The molecule has 3 heteroatoms. The fourth-order valence-electron chi connectivity index (χ4n) is 2.13. The van der Waals surface area contributed by atoms with Crippen molar-refractivity contribution in [3.8, 4) is 0 Å². The summed E-state index contributed by atoms with van der Waals surface area (Å²) in [5, 5.41) is 3.57. The van der Waals surface area contributed by atoms with E-state index in [0.29, 0.717) is 0 Å². The number of aromatic nitrogens is 1. The zero-order valence-electron chi connectivity index (χ0n) is 15.2. The van der Waals surface area contributed by atoms with E-state index in [9.17, 15) is 0 Å². The molecule has 3 nitrogen and oxygen atoms in total. The van der Waals surface area contributed by atoms with Gasteiger partial charge >= 0.3 is 0 Å². The van der Waals surface area contributed by atoms with Crippen LogP contribution < -0.4 is 10.2 Å². The van der Waals surface area contributed by atoms with Gasteiger partial charge in [-0.1, -0.05) is 20.8 Å². The summed E-state index contributed by atoms with van der Waals surface area (Å²) >= 11 is 0. The normalized spacial score (nSPS) is 12.6. The van der Waals surface area contributed by atoms with Crippen LogP contribution in [0.25, 0.3) is 0 Å². The Morgan fingerprint density at radius 1 is 1.00 bits per heavy atom. The van der Waals surface area contributed by atoms with Gasteiger partial charge in [0.2, 0.25) is 0 Å². The van der Waals surface area contributed by atoms with Crippen molar-refractivity contribution in [2.75, 3.05) is 18.0 Å². The van der Waals surface area contributed by atoms with E-state index >= 15 is 0 Å². The molecule has 0 bridgehead atoms. The summed E-state index contributed by atoms with van der Waals surface area (Å²) in [5.74, 6) is 1.10. The van der Waals surface area contributed by atoms with Crippen molar-refractivity contribution >= 4 is 5.82 Å². The lowest BCUT2D eigenvalue weighted by molar-refractivity contribution is 0.423. The highest BCUT2D eigenvalue weighted by atomic mass is 15.2. The first-order valence-electron chi connectivity index (χ1n) is 8.08. The van der Waals surface area contributed by atoms with Gasteiger partial charge in [-0.25, -0.2) is 4.98 Å². The molecule has 0 radical (unpaired) electrons. The van der Waals surface area contributed by atoms with Crippen molar-refractivity contribution in [1.82, 2.24) is 10.3 Å². The van der Waals surface area contributed by atoms with Crippen molar-refractivity contribution in [2.45, 2.75) is 72.9 Å². The van der Waals surface area contributed by atoms with Crippen LogP contribution in [-0.4, -0.2) is 23.6 Å². The molecule has 1 aromatic heterocycles. The van der Waals surface area contributed by atoms with E-state index in [1.165, 1.54) is 5.56 Å². The van der Waals surface area contributed by atoms with Crippen LogP contribution in [0.1, 0.15) is 66.6 Å². The number of nitrogens with one attached hydrogen (secondary N) is 1. The zero-order chi connectivity index (χ0) is 16.3. The maximum atomic E-state index is 4.89. The topological polar surface area (TPSA) is 28.2 Å². The Kier molecular flexibility index (Phi) is 5.80. The summed E-state index contributed by atoms with van der Waals surface area (Å²) in [5.41, 5.74) is 2.67. The summed E-state index contributed by atoms with van der Waals surface area (Å²) in [6.07, 6.45) is 0. The van der Waals surface area contributed by atoms with E-state index in [4.69, 9.17) is 4.98 Å². The van der Waals surface area contributed by atoms with Crippen molar-refractivity contribution in [3.05, 3.63) is 23.4 Å². The fourth-order valence-corrected chi connectivity index (χ4v) is 2.13. The van der Waals surface area contributed by atoms with Gasteiger partial charge in [0.25, 0.3) is 0 Å². The molecule has 0 saturated heterocycles. The molecule has 0 aromatic carbocycles. The minimum atomic E-state index is 0.0691. The predicted octanol–water partition coefficient (Wildman–Crippen LogP) is 4.11. The number of hydrogen-bond acceptors (Lipinski definition) is 3. The molecule has 0 aliphatic heterocycles. The van der Waals surface area contributed by atoms with E-state index in [1.54, 1.807) is 0 Å². The summed E-state index contributed by atoms with van der Waals surface area (Å²) in [7, 11) is 0. The number of hydrogen-bond donors (Lipinski definition) is 1. The van der Waals surface area contributed by atoms with Crippen molar-refractivity contribution < 1.29 is 0 Å². The fraction of sp³-hybridized carbons (Fsp3) is 0.722. The molecular formula is C18H33N3. The molecule has 1 heterocycles. The van der Waals surface area contributed by atoms with Crippen LogP contribution in [0, 0.1) is 0 Å². The first-order chi connectivity index (χ1) is 9.56.